The molecule has 2 rings (SSSR count). The number of anilines is 2. The molecule has 0 spiro atoms. The van der Waals surface area contributed by atoms with Crippen LogP contribution in [0.3, 0.4) is 0 Å². The Bertz CT molecular complexity index is 1010. The van der Waals surface area contributed by atoms with Crippen molar-refractivity contribution in [2.75, 3.05) is 23.0 Å². The van der Waals surface area contributed by atoms with E-state index in [9.17, 15) is 18.0 Å². The monoisotopic (exact) mass is 424 g/mol. The number of ether oxygens (including phenoxy) is 1. The highest BCUT2D eigenvalue weighted by molar-refractivity contribution is 7.92. The molecule has 150 valence electrons. The molecule has 1 atom stereocenters. The molecule has 28 heavy (non-hydrogen) atoms. The summed E-state index contributed by atoms with van der Waals surface area (Å²) in [6, 6.07) is 9.79. The maximum Gasteiger partial charge on any atom is 0.247 e. The predicted octanol–water partition coefficient (Wildman–Crippen LogP) is 3.34. The zero-order valence-electron chi connectivity index (χ0n) is 15.9. The van der Waals surface area contributed by atoms with Crippen LogP contribution in [0.2, 0.25) is 5.02 Å². The summed E-state index contributed by atoms with van der Waals surface area (Å²) in [6.07, 6.45) is 0.994. The molecular formula is C19H21ClN2O5S. The van der Waals surface area contributed by atoms with Crippen LogP contribution in [0, 0.1) is 0 Å². The summed E-state index contributed by atoms with van der Waals surface area (Å²) in [4.78, 5) is 24.3. The van der Waals surface area contributed by atoms with Gasteiger partial charge in [0, 0.05) is 16.3 Å². The maximum absolute atomic E-state index is 12.8. The van der Waals surface area contributed by atoms with Crippen LogP contribution in [0.4, 0.5) is 11.4 Å². The smallest absolute Gasteiger partial charge is 0.247 e. The molecule has 2 aromatic rings. The molecular weight excluding hydrogens is 404 g/mol. The first-order chi connectivity index (χ1) is 13.0. The van der Waals surface area contributed by atoms with Crippen molar-refractivity contribution in [3.05, 3.63) is 53.1 Å². The van der Waals surface area contributed by atoms with Crippen molar-refractivity contribution in [2.24, 2.45) is 0 Å². The fourth-order valence-electron chi connectivity index (χ4n) is 2.68. The number of hydrogen-bond acceptors (Lipinski definition) is 5. The first kappa shape index (κ1) is 21.7. The number of halogens is 1. The minimum absolute atomic E-state index is 0.148. The van der Waals surface area contributed by atoms with Gasteiger partial charge >= 0.3 is 0 Å². The summed E-state index contributed by atoms with van der Waals surface area (Å²) in [7, 11) is -2.45. The highest BCUT2D eigenvalue weighted by Gasteiger charge is 2.31. The van der Waals surface area contributed by atoms with Crippen molar-refractivity contribution in [1.82, 2.24) is 0 Å². The predicted molar refractivity (Wildman–Crippen MR) is 110 cm³/mol. The lowest BCUT2D eigenvalue weighted by atomic mass is 10.1. The topological polar surface area (TPSA) is 92.8 Å². The molecule has 0 fully saturated rings. The van der Waals surface area contributed by atoms with Gasteiger partial charge in [-0.2, -0.15) is 0 Å². The van der Waals surface area contributed by atoms with Crippen molar-refractivity contribution >= 4 is 44.7 Å². The van der Waals surface area contributed by atoms with Gasteiger partial charge in [0.1, 0.15) is 11.8 Å². The molecule has 2 aromatic carbocycles. The molecule has 1 unspecified atom stereocenters. The van der Waals surface area contributed by atoms with Gasteiger partial charge in [0.25, 0.3) is 0 Å². The van der Waals surface area contributed by atoms with Crippen molar-refractivity contribution in [2.45, 2.75) is 19.9 Å². The van der Waals surface area contributed by atoms with Crippen molar-refractivity contribution in [3.63, 3.8) is 0 Å². The molecule has 0 heterocycles. The van der Waals surface area contributed by atoms with Gasteiger partial charge in [0.2, 0.25) is 15.9 Å². The summed E-state index contributed by atoms with van der Waals surface area (Å²) in [5, 5.41) is 2.94. The van der Waals surface area contributed by atoms with Gasteiger partial charge in [0.15, 0.2) is 5.78 Å². The lowest BCUT2D eigenvalue weighted by Crippen LogP contribution is -2.45. The Morgan fingerprint density at radius 2 is 1.86 bits per heavy atom. The van der Waals surface area contributed by atoms with Crippen LogP contribution in [0.5, 0.6) is 5.75 Å². The van der Waals surface area contributed by atoms with Crippen LogP contribution >= 0.6 is 11.6 Å². The molecule has 9 heteroatoms. The van der Waals surface area contributed by atoms with Crippen LogP contribution in [-0.2, 0) is 14.8 Å². The van der Waals surface area contributed by atoms with Crippen molar-refractivity contribution in [1.29, 1.82) is 0 Å². The van der Waals surface area contributed by atoms with E-state index in [0.717, 1.165) is 10.6 Å². The largest absolute Gasteiger partial charge is 0.495 e. The molecule has 0 bridgehead atoms. The summed E-state index contributed by atoms with van der Waals surface area (Å²) in [5.41, 5.74) is 0.968. The van der Waals surface area contributed by atoms with Gasteiger partial charge in [-0.1, -0.05) is 23.7 Å². The summed E-state index contributed by atoms with van der Waals surface area (Å²) in [6.45, 7) is 2.87. The number of amides is 1. The van der Waals surface area contributed by atoms with Gasteiger partial charge in [-0.3, -0.25) is 13.9 Å². The third-order valence-corrected chi connectivity index (χ3v) is 5.47. The van der Waals surface area contributed by atoms with E-state index in [0.29, 0.717) is 16.3 Å². The lowest BCUT2D eigenvalue weighted by molar-refractivity contribution is -0.116. The van der Waals surface area contributed by atoms with Crippen LogP contribution in [0.1, 0.15) is 24.2 Å². The van der Waals surface area contributed by atoms with Crippen molar-refractivity contribution < 1.29 is 22.7 Å². The van der Waals surface area contributed by atoms with Gasteiger partial charge < -0.3 is 10.1 Å². The van der Waals surface area contributed by atoms with Gasteiger partial charge in [-0.05, 0) is 44.2 Å². The fourth-order valence-corrected chi connectivity index (χ4v) is 4.02. The first-order valence-electron chi connectivity index (χ1n) is 8.29. The number of nitrogens with zero attached hydrogens (tertiary/aromatic N) is 1. The Kier molecular flexibility index (Phi) is 6.69. The third-order valence-electron chi connectivity index (χ3n) is 4.00. The zero-order valence-corrected chi connectivity index (χ0v) is 17.5. The molecule has 0 saturated carbocycles. The number of methoxy groups -OCH3 is 1. The average molecular weight is 425 g/mol. The second kappa shape index (κ2) is 8.62. The van der Waals surface area contributed by atoms with E-state index in [1.165, 1.54) is 39.2 Å². The third kappa shape index (κ3) is 5.02. The first-order valence-corrected chi connectivity index (χ1v) is 10.5. The standard InChI is InChI=1S/C19H21ClN2O5S/c1-12(19(24)21-16-7-5-6-14(10-16)13(2)23)22(28(4,25)26)17-11-15(20)8-9-18(17)27-3/h5-12H,1-4H3,(H,21,24). The molecule has 1 amide bonds. The number of sulfonamides is 1. The van der Waals surface area contributed by atoms with E-state index >= 15 is 0 Å². The molecule has 0 aliphatic rings. The minimum atomic E-state index is -3.85. The highest BCUT2D eigenvalue weighted by Crippen LogP contribution is 2.34. The highest BCUT2D eigenvalue weighted by atomic mass is 35.5. The van der Waals surface area contributed by atoms with Crippen LogP contribution in [0.25, 0.3) is 0 Å². The number of carbonyl (C=O) groups is 2. The Labute approximate surface area is 169 Å². The fraction of sp³-hybridized carbons (Fsp3) is 0.263. The average Bonchev–Trinajstić information content (AvgIpc) is 2.61. The molecule has 7 nitrogen and oxygen atoms in total. The zero-order chi connectivity index (χ0) is 21.1. The number of Topliss-reactive ketones (excluding diaryl/α,β-unsaturated/α-hetero) is 1. The number of rotatable bonds is 7. The van der Waals surface area contributed by atoms with E-state index < -0.39 is 22.0 Å². The van der Waals surface area contributed by atoms with Gasteiger partial charge in [0.05, 0.1) is 19.1 Å². The molecule has 0 aliphatic heterocycles. The second-order valence-electron chi connectivity index (χ2n) is 6.18. The summed E-state index contributed by atoms with van der Waals surface area (Å²) in [5.74, 6) is -0.466. The van der Waals surface area contributed by atoms with E-state index in [2.05, 4.69) is 5.32 Å². The quantitative estimate of drug-likeness (QED) is 0.688. The van der Waals surface area contributed by atoms with E-state index in [-0.39, 0.29) is 17.2 Å². The Hall–Kier alpha value is -2.58. The normalized spacial score (nSPS) is 12.2. The Morgan fingerprint density at radius 3 is 2.43 bits per heavy atom. The number of nitrogens with one attached hydrogen (secondary N) is 1. The molecule has 0 aromatic heterocycles. The minimum Gasteiger partial charge on any atom is -0.495 e. The summed E-state index contributed by atoms with van der Waals surface area (Å²) < 4.78 is 31.1. The number of hydrogen-bond donors (Lipinski definition) is 1. The van der Waals surface area contributed by atoms with Gasteiger partial charge in [-0.25, -0.2) is 8.42 Å². The van der Waals surface area contributed by atoms with E-state index in [1.54, 1.807) is 24.3 Å². The van der Waals surface area contributed by atoms with Gasteiger partial charge in [-0.15, -0.1) is 0 Å². The molecule has 1 N–H and O–H groups in total. The van der Waals surface area contributed by atoms with Crippen LogP contribution in [-0.4, -0.2) is 39.5 Å². The molecule has 0 aliphatic carbocycles. The second-order valence-corrected chi connectivity index (χ2v) is 8.47. The lowest BCUT2D eigenvalue weighted by Gasteiger charge is -2.29. The van der Waals surface area contributed by atoms with E-state index in [1.807, 2.05) is 0 Å². The SMILES string of the molecule is COc1ccc(Cl)cc1N(C(C)C(=O)Nc1cccc(C(C)=O)c1)S(C)(=O)=O. The number of ketones is 1. The molecule has 0 saturated heterocycles. The van der Waals surface area contributed by atoms with Crippen LogP contribution in [0.15, 0.2) is 42.5 Å². The maximum atomic E-state index is 12.8. The Morgan fingerprint density at radius 1 is 1.18 bits per heavy atom. The van der Waals surface area contributed by atoms with Crippen LogP contribution < -0.4 is 14.4 Å². The van der Waals surface area contributed by atoms with E-state index in [4.69, 9.17) is 16.3 Å². The number of benzene rings is 2. The Balaban J connectivity index is 2.40. The van der Waals surface area contributed by atoms with Crippen molar-refractivity contribution in [3.8, 4) is 5.75 Å². The summed E-state index contributed by atoms with van der Waals surface area (Å²) >= 11 is 6.02. The molecule has 0 radical (unpaired) electrons. The number of carbonyl (C=O) groups excluding carboxylic acids is 2.